The summed E-state index contributed by atoms with van der Waals surface area (Å²) in [7, 11) is 0. The lowest BCUT2D eigenvalue weighted by Crippen LogP contribution is -2.36. The topological polar surface area (TPSA) is 60.6 Å². The van der Waals surface area contributed by atoms with Crippen molar-refractivity contribution in [2.45, 2.75) is 18.9 Å². The molecule has 2 aliphatic rings. The Hall–Kier alpha value is -1.92. The zero-order valence-corrected chi connectivity index (χ0v) is 12.4. The van der Waals surface area contributed by atoms with Gasteiger partial charge in [-0.25, -0.2) is 0 Å². The number of anilines is 1. The monoisotopic (exact) mass is 301 g/mol. The molecule has 4 rings (SSSR count). The SMILES string of the molecule is c1cc(N2CCOCC2)ccc1-c1noc(C2CCCO2)n1. The van der Waals surface area contributed by atoms with Gasteiger partial charge in [-0.2, -0.15) is 4.98 Å². The third-order valence-corrected chi connectivity index (χ3v) is 4.15. The maximum Gasteiger partial charge on any atom is 0.256 e. The van der Waals surface area contributed by atoms with Crippen molar-refractivity contribution >= 4 is 5.69 Å². The van der Waals surface area contributed by atoms with Crippen LogP contribution in [0.4, 0.5) is 5.69 Å². The average molecular weight is 301 g/mol. The number of ether oxygens (including phenoxy) is 2. The quantitative estimate of drug-likeness (QED) is 0.867. The Labute approximate surface area is 129 Å². The Balaban J connectivity index is 1.50. The summed E-state index contributed by atoms with van der Waals surface area (Å²) in [6.07, 6.45) is 1.97. The predicted octanol–water partition coefficient (Wildman–Crippen LogP) is 2.42. The van der Waals surface area contributed by atoms with Crippen LogP contribution >= 0.6 is 0 Å². The standard InChI is InChI=1S/C16H19N3O3/c1-2-14(21-9-1)16-17-15(18-22-16)12-3-5-13(6-4-12)19-7-10-20-11-8-19/h3-6,14H,1-2,7-11H2. The van der Waals surface area contributed by atoms with Crippen molar-refractivity contribution in [1.29, 1.82) is 0 Å². The van der Waals surface area contributed by atoms with Crippen LogP contribution in [0.25, 0.3) is 11.4 Å². The van der Waals surface area contributed by atoms with Gasteiger partial charge < -0.3 is 18.9 Å². The zero-order chi connectivity index (χ0) is 14.8. The summed E-state index contributed by atoms with van der Waals surface area (Å²) in [5, 5.41) is 4.07. The highest BCUT2D eigenvalue weighted by atomic mass is 16.5. The molecule has 0 saturated carbocycles. The highest BCUT2D eigenvalue weighted by Gasteiger charge is 2.24. The molecule has 1 unspecified atom stereocenters. The van der Waals surface area contributed by atoms with E-state index in [4.69, 9.17) is 14.0 Å². The molecule has 0 spiro atoms. The lowest BCUT2D eigenvalue weighted by molar-refractivity contribution is 0.0835. The minimum atomic E-state index is -0.0335. The predicted molar refractivity (Wildman–Crippen MR) is 80.7 cm³/mol. The van der Waals surface area contributed by atoms with E-state index in [0.717, 1.165) is 51.3 Å². The summed E-state index contributed by atoms with van der Waals surface area (Å²) in [6.45, 7) is 4.22. The Kier molecular flexibility index (Phi) is 3.78. The van der Waals surface area contributed by atoms with Gasteiger partial charge in [0.15, 0.2) is 0 Å². The summed E-state index contributed by atoms with van der Waals surface area (Å²) in [5.74, 6) is 1.21. The van der Waals surface area contributed by atoms with Crippen LogP contribution < -0.4 is 4.90 Å². The smallest absolute Gasteiger partial charge is 0.256 e. The molecule has 2 aromatic rings. The molecule has 0 bridgehead atoms. The van der Waals surface area contributed by atoms with E-state index in [2.05, 4.69) is 27.2 Å². The zero-order valence-electron chi connectivity index (χ0n) is 12.4. The van der Waals surface area contributed by atoms with Gasteiger partial charge in [-0.1, -0.05) is 5.16 Å². The number of morpholine rings is 1. The molecule has 1 atom stereocenters. The van der Waals surface area contributed by atoms with Crippen LogP contribution in [0.2, 0.25) is 0 Å². The molecule has 6 heteroatoms. The van der Waals surface area contributed by atoms with Gasteiger partial charge in [0.05, 0.1) is 13.2 Å². The number of benzene rings is 1. The maximum absolute atomic E-state index is 5.57. The molecular weight excluding hydrogens is 282 g/mol. The van der Waals surface area contributed by atoms with Crippen LogP contribution in [-0.4, -0.2) is 43.1 Å². The molecule has 1 aromatic carbocycles. The largest absolute Gasteiger partial charge is 0.378 e. The highest BCUT2D eigenvalue weighted by molar-refractivity contribution is 5.60. The first-order chi connectivity index (χ1) is 10.9. The Morgan fingerprint density at radius 2 is 1.86 bits per heavy atom. The summed E-state index contributed by atoms with van der Waals surface area (Å²) in [5.41, 5.74) is 2.17. The minimum absolute atomic E-state index is 0.0335. The minimum Gasteiger partial charge on any atom is -0.378 e. The molecule has 0 amide bonds. The summed E-state index contributed by atoms with van der Waals surface area (Å²) in [6, 6.07) is 8.27. The van der Waals surface area contributed by atoms with Crippen LogP contribution in [0.5, 0.6) is 0 Å². The van der Waals surface area contributed by atoms with E-state index in [1.165, 1.54) is 5.69 Å². The maximum atomic E-state index is 5.57. The molecule has 0 aliphatic carbocycles. The third-order valence-electron chi connectivity index (χ3n) is 4.15. The molecule has 116 valence electrons. The Morgan fingerprint density at radius 1 is 1.05 bits per heavy atom. The normalized spacial score (nSPS) is 22.2. The molecule has 22 heavy (non-hydrogen) atoms. The van der Waals surface area contributed by atoms with Crippen LogP contribution in [0.1, 0.15) is 24.8 Å². The van der Waals surface area contributed by atoms with Crippen LogP contribution in [0.15, 0.2) is 28.8 Å². The van der Waals surface area contributed by atoms with Crippen LogP contribution in [0, 0.1) is 0 Å². The van der Waals surface area contributed by atoms with Crippen LogP contribution in [0.3, 0.4) is 0 Å². The fraction of sp³-hybridized carbons (Fsp3) is 0.500. The second kappa shape index (κ2) is 6.06. The van der Waals surface area contributed by atoms with Gasteiger partial charge in [0, 0.05) is 30.9 Å². The Morgan fingerprint density at radius 3 is 2.59 bits per heavy atom. The number of hydrogen-bond donors (Lipinski definition) is 0. The van der Waals surface area contributed by atoms with Gasteiger partial charge in [-0.05, 0) is 37.1 Å². The van der Waals surface area contributed by atoms with Crippen molar-refractivity contribution in [2.24, 2.45) is 0 Å². The van der Waals surface area contributed by atoms with Gasteiger partial charge in [0.25, 0.3) is 5.89 Å². The lowest BCUT2D eigenvalue weighted by atomic mass is 10.2. The van der Waals surface area contributed by atoms with Crippen molar-refractivity contribution in [3.8, 4) is 11.4 Å². The van der Waals surface area contributed by atoms with Crippen molar-refractivity contribution in [3.05, 3.63) is 30.2 Å². The number of aromatic nitrogens is 2. The van der Waals surface area contributed by atoms with Crippen molar-refractivity contribution in [1.82, 2.24) is 10.1 Å². The summed E-state index contributed by atoms with van der Waals surface area (Å²) < 4.78 is 16.3. The molecule has 2 aliphatic heterocycles. The van der Waals surface area contributed by atoms with E-state index in [-0.39, 0.29) is 6.10 Å². The van der Waals surface area contributed by atoms with Gasteiger partial charge in [0.1, 0.15) is 6.10 Å². The molecule has 2 saturated heterocycles. The van der Waals surface area contributed by atoms with Crippen molar-refractivity contribution in [3.63, 3.8) is 0 Å². The third kappa shape index (κ3) is 2.71. The van der Waals surface area contributed by atoms with E-state index in [1.807, 2.05) is 12.1 Å². The first-order valence-electron chi connectivity index (χ1n) is 7.78. The van der Waals surface area contributed by atoms with E-state index >= 15 is 0 Å². The fourth-order valence-electron chi connectivity index (χ4n) is 2.90. The molecule has 0 radical (unpaired) electrons. The van der Waals surface area contributed by atoms with E-state index in [9.17, 15) is 0 Å². The van der Waals surface area contributed by atoms with Crippen molar-refractivity contribution in [2.75, 3.05) is 37.8 Å². The fourth-order valence-corrected chi connectivity index (χ4v) is 2.90. The van der Waals surface area contributed by atoms with Crippen molar-refractivity contribution < 1.29 is 14.0 Å². The molecular formula is C16H19N3O3. The molecule has 0 N–H and O–H groups in total. The van der Waals surface area contributed by atoms with Gasteiger partial charge in [-0.3, -0.25) is 0 Å². The second-order valence-electron chi connectivity index (χ2n) is 5.60. The number of rotatable bonds is 3. The number of hydrogen-bond acceptors (Lipinski definition) is 6. The summed E-state index contributed by atoms with van der Waals surface area (Å²) in [4.78, 5) is 6.79. The highest BCUT2D eigenvalue weighted by Crippen LogP contribution is 2.29. The first-order valence-corrected chi connectivity index (χ1v) is 7.78. The molecule has 6 nitrogen and oxygen atoms in total. The van der Waals surface area contributed by atoms with Gasteiger partial charge >= 0.3 is 0 Å². The van der Waals surface area contributed by atoms with Gasteiger partial charge in [0.2, 0.25) is 5.82 Å². The average Bonchev–Trinajstić information content (AvgIpc) is 3.27. The van der Waals surface area contributed by atoms with E-state index in [0.29, 0.717) is 11.7 Å². The lowest BCUT2D eigenvalue weighted by Gasteiger charge is -2.28. The molecule has 3 heterocycles. The van der Waals surface area contributed by atoms with E-state index in [1.54, 1.807) is 0 Å². The Bertz CT molecular complexity index is 614. The molecule has 1 aromatic heterocycles. The number of nitrogens with zero attached hydrogens (tertiary/aromatic N) is 3. The summed E-state index contributed by atoms with van der Waals surface area (Å²) >= 11 is 0. The molecule has 2 fully saturated rings. The first kappa shape index (κ1) is 13.7. The van der Waals surface area contributed by atoms with E-state index < -0.39 is 0 Å². The van der Waals surface area contributed by atoms with Gasteiger partial charge in [-0.15, -0.1) is 0 Å². The van der Waals surface area contributed by atoms with Crippen LogP contribution in [-0.2, 0) is 9.47 Å². The second-order valence-corrected chi connectivity index (χ2v) is 5.60.